The van der Waals surface area contributed by atoms with Gasteiger partial charge in [-0.3, -0.25) is 4.79 Å². The normalized spacial score (nSPS) is 21.4. The molecule has 2 aliphatic rings. The van der Waals surface area contributed by atoms with Gasteiger partial charge in [0.1, 0.15) is 11.6 Å². The highest BCUT2D eigenvalue weighted by molar-refractivity contribution is 5.65. The van der Waals surface area contributed by atoms with Crippen LogP contribution in [0.4, 0.5) is 4.39 Å². The van der Waals surface area contributed by atoms with Gasteiger partial charge >= 0.3 is 5.97 Å². The lowest BCUT2D eigenvalue weighted by molar-refractivity contribution is -0.197. The van der Waals surface area contributed by atoms with Crippen molar-refractivity contribution in [1.82, 2.24) is 5.06 Å². The zero-order valence-corrected chi connectivity index (χ0v) is 15.6. The molecule has 2 unspecified atom stereocenters. The summed E-state index contributed by atoms with van der Waals surface area (Å²) in [6, 6.07) is 12.0. The molecule has 4 rings (SSSR count). The highest BCUT2D eigenvalue weighted by atomic mass is 19.1. The van der Waals surface area contributed by atoms with Gasteiger partial charge in [-0.15, -0.1) is 5.06 Å². The number of carbonyl (C=O) groups is 1. The van der Waals surface area contributed by atoms with Gasteiger partial charge in [-0.2, -0.15) is 0 Å². The average molecular weight is 387 g/mol. The standard InChI is InChI=1S/C21H22FNO5/c1-14(24)28-23-9-8-19(15-2-4-17(22)5-3-15)16(11-23)12-25-18-6-7-20-21(10-18)27-13-26-20/h2-7,10,16,19H,8-9,11-13H2,1H3. The molecule has 0 aromatic heterocycles. The number of halogens is 1. The van der Waals surface area contributed by atoms with E-state index in [1.54, 1.807) is 5.06 Å². The minimum Gasteiger partial charge on any atom is -0.493 e. The lowest BCUT2D eigenvalue weighted by Crippen LogP contribution is -2.42. The largest absolute Gasteiger partial charge is 0.493 e. The minimum absolute atomic E-state index is 0.0731. The van der Waals surface area contributed by atoms with Gasteiger partial charge in [0.05, 0.1) is 6.61 Å². The van der Waals surface area contributed by atoms with Crippen LogP contribution in [0, 0.1) is 11.7 Å². The molecule has 0 amide bonds. The fourth-order valence-corrected chi connectivity index (χ4v) is 3.75. The Morgan fingerprint density at radius 2 is 1.96 bits per heavy atom. The fraction of sp³-hybridized carbons (Fsp3) is 0.381. The molecule has 0 aliphatic carbocycles. The summed E-state index contributed by atoms with van der Waals surface area (Å²) in [5.74, 6) is 1.72. The van der Waals surface area contributed by atoms with Crippen LogP contribution in [-0.2, 0) is 9.63 Å². The summed E-state index contributed by atoms with van der Waals surface area (Å²) >= 11 is 0. The topological polar surface area (TPSA) is 57.2 Å². The number of rotatable bonds is 5. The van der Waals surface area contributed by atoms with E-state index in [1.807, 2.05) is 30.3 Å². The molecule has 2 aromatic rings. The smallest absolute Gasteiger partial charge is 0.322 e. The molecule has 2 heterocycles. The molecule has 1 fully saturated rings. The van der Waals surface area contributed by atoms with Crippen LogP contribution < -0.4 is 14.2 Å². The van der Waals surface area contributed by atoms with E-state index in [9.17, 15) is 9.18 Å². The lowest BCUT2D eigenvalue weighted by Gasteiger charge is -2.37. The Kier molecular flexibility index (Phi) is 5.34. The third-order valence-corrected chi connectivity index (χ3v) is 5.06. The molecular weight excluding hydrogens is 365 g/mol. The van der Waals surface area contributed by atoms with E-state index in [4.69, 9.17) is 19.0 Å². The maximum Gasteiger partial charge on any atom is 0.322 e. The van der Waals surface area contributed by atoms with Crippen LogP contribution in [0.5, 0.6) is 17.2 Å². The number of hydroxylamine groups is 2. The number of hydrogen-bond acceptors (Lipinski definition) is 6. The maximum absolute atomic E-state index is 13.3. The number of fused-ring (bicyclic) bond motifs is 1. The van der Waals surface area contributed by atoms with Crippen LogP contribution in [0.25, 0.3) is 0 Å². The molecule has 0 spiro atoms. The van der Waals surface area contributed by atoms with Crippen molar-refractivity contribution in [1.29, 1.82) is 0 Å². The third-order valence-electron chi connectivity index (χ3n) is 5.06. The van der Waals surface area contributed by atoms with E-state index < -0.39 is 0 Å². The lowest BCUT2D eigenvalue weighted by atomic mass is 9.81. The second kappa shape index (κ2) is 8.06. The van der Waals surface area contributed by atoms with E-state index in [2.05, 4.69) is 0 Å². The van der Waals surface area contributed by atoms with E-state index in [-0.39, 0.29) is 30.4 Å². The molecule has 2 aromatic carbocycles. The molecule has 1 saturated heterocycles. The van der Waals surface area contributed by atoms with Gasteiger partial charge in [-0.05, 0) is 42.2 Å². The van der Waals surface area contributed by atoms with Crippen LogP contribution in [-0.4, -0.2) is 37.5 Å². The number of benzene rings is 2. The fourth-order valence-electron chi connectivity index (χ4n) is 3.75. The Balaban J connectivity index is 1.48. The van der Waals surface area contributed by atoms with Crippen molar-refractivity contribution >= 4 is 5.97 Å². The first-order valence-corrected chi connectivity index (χ1v) is 9.30. The Bertz CT molecular complexity index is 841. The number of piperidine rings is 1. The average Bonchev–Trinajstić information content (AvgIpc) is 3.15. The second-order valence-corrected chi connectivity index (χ2v) is 7.00. The summed E-state index contributed by atoms with van der Waals surface area (Å²) in [5.41, 5.74) is 1.06. The summed E-state index contributed by atoms with van der Waals surface area (Å²) < 4.78 is 30.1. The monoisotopic (exact) mass is 387 g/mol. The summed E-state index contributed by atoms with van der Waals surface area (Å²) in [5, 5.41) is 1.68. The first-order valence-electron chi connectivity index (χ1n) is 9.30. The molecule has 28 heavy (non-hydrogen) atoms. The van der Waals surface area contributed by atoms with Crippen LogP contribution in [0.15, 0.2) is 42.5 Å². The minimum atomic E-state index is -0.337. The van der Waals surface area contributed by atoms with Gasteiger partial charge in [0.25, 0.3) is 0 Å². The third kappa shape index (κ3) is 4.20. The van der Waals surface area contributed by atoms with Crippen LogP contribution in [0.1, 0.15) is 24.8 Å². The van der Waals surface area contributed by atoms with Gasteiger partial charge in [0.15, 0.2) is 11.5 Å². The number of hydrogen-bond donors (Lipinski definition) is 0. The molecule has 0 bridgehead atoms. The van der Waals surface area contributed by atoms with E-state index in [0.29, 0.717) is 36.9 Å². The van der Waals surface area contributed by atoms with Crippen molar-refractivity contribution < 1.29 is 28.2 Å². The molecule has 6 nitrogen and oxygen atoms in total. The van der Waals surface area contributed by atoms with Gasteiger partial charge in [0, 0.05) is 32.0 Å². The summed E-state index contributed by atoms with van der Waals surface area (Å²) in [7, 11) is 0. The number of nitrogens with zero attached hydrogens (tertiary/aromatic N) is 1. The van der Waals surface area contributed by atoms with E-state index in [0.717, 1.165) is 12.0 Å². The Morgan fingerprint density at radius 3 is 2.75 bits per heavy atom. The molecule has 7 heteroatoms. The number of ether oxygens (including phenoxy) is 3. The SMILES string of the molecule is CC(=O)ON1CCC(c2ccc(F)cc2)C(COc2ccc3c(c2)OCO3)C1. The Labute approximate surface area is 162 Å². The second-order valence-electron chi connectivity index (χ2n) is 7.00. The van der Waals surface area contributed by atoms with Gasteiger partial charge in [-0.1, -0.05) is 12.1 Å². The van der Waals surface area contributed by atoms with Crippen molar-refractivity contribution in [3.8, 4) is 17.2 Å². The highest BCUT2D eigenvalue weighted by Crippen LogP contribution is 2.37. The highest BCUT2D eigenvalue weighted by Gasteiger charge is 2.32. The van der Waals surface area contributed by atoms with E-state index >= 15 is 0 Å². The summed E-state index contributed by atoms with van der Waals surface area (Å²) in [6.07, 6.45) is 0.786. The van der Waals surface area contributed by atoms with Crippen molar-refractivity contribution in [3.63, 3.8) is 0 Å². The molecule has 0 radical (unpaired) electrons. The summed E-state index contributed by atoms with van der Waals surface area (Å²) in [6.45, 7) is 3.21. The Morgan fingerprint density at radius 1 is 1.18 bits per heavy atom. The van der Waals surface area contributed by atoms with Crippen molar-refractivity contribution in [3.05, 3.63) is 53.8 Å². The van der Waals surface area contributed by atoms with E-state index in [1.165, 1.54) is 19.1 Å². The summed E-state index contributed by atoms with van der Waals surface area (Å²) in [4.78, 5) is 16.6. The first kappa shape index (κ1) is 18.6. The molecule has 0 N–H and O–H groups in total. The molecule has 0 saturated carbocycles. The van der Waals surface area contributed by atoms with Gasteiger partial charge < -0.3 is 19.0 Å². The first-order chi connectivity index (χ1) is 13.6. The van der Waals surface area contributed by atoms with Crippen LogP contribution >= 0.6 is 0 Å². The maximum atomic E-state index is 13.3. The molecular formula is C21H22FNO5. The molecule has 2 aliphatic heterocycles. The van der Waals surface area contributed by atoms with Crippen LogP contribution in [0.2, 0.25) is 0 Å². The van der Waals surface area contributed by atoms with Crippen LogP contribution in [0.3, 0.4) is 0 Å². The van der Waals surface area contributed by atoms with Crippen molar-refractivity contribution in [2.75, 3.05) is 26.5 Å². The quantitative estimate of drug-likeness (QED) is 0.783. The molecule has 148 valence electrons. The van der Waals surface area contributed by atoms with Crippen molar-refractivity contribution in [2.45, 2.75) is 19.3 Å². The zero-order valence-electron chi connectivity index (χ0n) is 15.6. The van der Waals surface area contributed by atoms with Crippen molar-refractivity contribution in [2.24, 2.45) is 5.92 Å². The van der Waals surface area contributed by atoms with Gasteiger partial charge in [-0.25, -0.2) is 4.39 Å². The number of carbonyl (C=O) groups excluding carboxylic acids is 1. The zero-order chi connectivity index (χ0) is 19.5. The predicted octanol–water partition coefficient (Wildman–Crippen LogP) is 3.52. The predicted molar refractivity (Wildman–Crippen MR) is 98.6 cm³/mol. The molecule has 2 atom stereocenters. The Hall–Kier alpha value is -2.80. The van der Waals surface area contributed by atoms with Gasteiger partial charge in [0.2, 0.25) is 6.79 Å².